The predicted molar refractivity (Wildman–Crippen MR) is 58.3 cm³/mol. The van der Waals surface area contributed by atoms with Gasteiger partial charge in [0.2, 0.25) is 0 Å². The van der Waals surface area contributed by atoms with Crippen LogP contribution in [0.2, 0.25) is 0 Å². The smallest absolute Gasteiger partial charge is 0.254 e. The first-order valence-corrected chi connectivity index (χ1v) is 4.96. The third-order valence-corrected chi connectivity index (χ3v) is 2.35. The molecule has 0 aliphatic heterocycles. The van der Waals surface area contributed by atoms with Gasteiger partial charge >= 0.3 is 0 Å². The summed E-state index contributed by atoms with van der Waals surface area (Å²) in [6.07, 6.45) is 2.86. The van der Waals surface area contributed by atoms with Gasteiger partial charge in [-0.15, -0.1) is 0 Å². The number of methoxy groups -OCH3 is 2. The average Bonchev–Trinajstić information content (AvgIpc) is 2.80. The number of nitrogens with one attached hydrogen (secondary N) is 1. The molecule has 1 heterocycles. The maximum Gasteiger partial charge on any atom is 0.254 e. The van der Waals surface area contributed by atoms with Gasteiger partial charge in [-0.3, -0.25) is 4.79 Å². The largest absolute Gasteiger partial charge is 0.472 e. The maximum atomic E-state index is 11.6. The van der Waals surface area contributed by atoms with E-state index < -0.39 is 5.60 Å². The Morgan fingerprint density at radius 1 is 1.56 bits per heavy atom. The second kappa shape index (κ2) is 5.67. The lowest BCUT2D eigenvalue weighted by Gasteiger charge is -2.27. The number of furan rings is 1. The molecule has 1 rings (SSSR count). The van der Waals surface area contributed by atoms with Crippen LogP contribution in [0, 0.1) is 0 Å². The van der Waals surface area contributed by atoms with Crippen LogP contribution in [0.1, 0.15) is 17.3 Å². The van der Waals surface area contributed by atoms with E-state index in [4.69, 9.17) is 13.9 Å². The van der Waals surface area contributed by atoms with Gasteiger partial charge in [0, 0.05) is 20.8 Å². The Morgan fingerprint density at radius 2 is 2.31 bits per heavy atom. The quantitative estimate of drug-likeness (QED) is 0.789. The standard InChI is InChI=1S/C11H17NO4/c1-11(15-3,8-14-2)7-12-10(13)9-4-5-16-6-9/h4-6H,7-8H2,1-3H3,(H,12,13)/t11-/m0/s1. The lowest BCUT2D eigenvalue weighted by Crippen LogP contribution is -2.45. The molecule has 1 N–H and O–H groups in total. The maximum absolute atomic E-state index is 11.6. The molecular formula is C11H17NO4. The Hall–Kier alpha value is -1.33. The SMILES string of the molecule is COC[C@](C)(CNC(=O)c1ccoc1)OC. The molecule has 0 aromatic carbocycles. The number of amides is 1. The molecule has 1 atom stereocenters. The summed E-state index contributed by atoms with van der Waals surface area (Å²) < 4.78 is 15.1. The second-order valence-electron chi connectivity index (χ2n) is 3.78. The zero-order chi connectivity index (χ0) is 12.0. The van der Waals surface area contributed by atoms with Crippen molar-refractivity contribution in [3.05, 3.63) is 24.2 Å². The Bertz CT molecular complexity index is 323. The van der Waals surface area contributed by atoms with Crippen LogP contribution in [0.15, 0.2) is 23.0 Å². The van der Waals surface area contributed by atoms with Crippen LogP contribution in [-0.2, 0) is 9.47 Å². The van der Waals surface area contributed by atoms with Crippen LogP contribution in [0.3, 0.4) is 0 Å². The molecule has 0 unspecified atom stereocenters. The van der Waals surface area contributed by atoms with E-state index in [9.17, 15) is 4.79 Å². The molecule has 0 bridgehead atoms. The fraction of sp³-hybridized carbons (Fsp3) is 0.545. The molecule has 1 aromatic rings. The number of ether oxygens (including phenoxy) is 2. The normalized spacial score (nSPS) is 14.4. The van der Waals surface area contributed by atoms with Gasteiger partial charge in [-0.05, 0) is 13.0 Å². The van der Waals surface area contributed by atoms with Crippen LogP contribution >= 0.6 is 0 Å². The third-order valence-electron chi connectivity index (χ3n) is 2.35. The Morgan fingerprint density at radius 3 is 2.81 bits per heavy atom. The molecule has 0 saturated heterocycles. The number of hydrogen-bond donors (Lipinski definition) is 1. The van der Waals surface area contributed by atoms with Crippen molar-refractivity contribution < 1.29 is 18.7 Å². The van der Waals surface area contributed by atoms with E-state index >= 15 is 0 Å². The molecule has 16 heavy (non-hydrogen) atoms. The highest BCUT2D eigenvalue weighted by molar-refractivity contribution is 5.93. The van der Waals surface area contributed by atoms with Crippen LogP contribution < -0.4 is 5.32 Å². The third kappa shape index (κ3) is 3.36. The fourth-order valence-electron chi connectivity index (χ4n) is 1.25. The fourth-order valence-corrected chi connectivity index (χ4v) is 1.25. The van der Waals surface area contributed by atoms with Crippen molar-refractivity contribution in [1.82, 2.24) is 5.32 Å². The van der Waals surface area contributed by atoms with Gasteiger partial charge < -0.3 is 19.2 Å². The number of carbonyl (C=O) groups is 1. The molecule has 5 heteroatoms. The molecule has 90 valence electrons. The Labute approximate surface area is 94.7 Å². The van der Waals surface area contributed by atoms with Gasteiger partial charge in [0.15, 0.2) is 0 Å². The highest BCUT2D eigenvalue weighted by Crippen LogP contribution is 2.08. The Balaban J connectivity index is 2.47. The van der Waals surface area contributed by atoms with Crippen LogP contribution in [0.4, 0.5) is 0 Å². The van der Waals surface area contributed by atoms with Crippen molar-refractivity contribution in [3.8, 4) is 0 Å². The molecule has 1 amide bonds. The molecule has 0 fully saturated rings. The topological polar surface area (TPSA) is 60.7 Å². The van der Waals surface area contributed by atoms with Gasteiger partial charge in [0.05, 0.1) is 18.4 Å². The van der Waals surface area contributed by atoms with E-state index in [0.717, 1.165) is 0 Å². The number of hydrogen-bond acceptors (Lipinski definition) is 4. The van der Waals surface area contributed by atoms with Gasteiger partial charge in [-0.2, -0.15) is 0 Å². The van der Waals surface area contributed by atoms with Crippen LogP contribution in [0.25, 0.3) is 0 Å². The van der Waals surface area contributed by atoms with Crippen molar-refractivity contribution in [3.63, 3.8) is 0 Å². The van der Waals surface area contributed by atoms with Crippen molar-refractivity contribution in [2.24, 2.45) is 0 Å². The molecule has 0 saturated carbocycles. The first-order chi connectivity index (χ1) is 7.61. The molecule has 0 radical (unpaired) electrons. The summed E-state index contributed by atoms with van der Waals surface area (Å²) in [7, 11) is 3.18. The summed E-state index contributed by atoms with van der Waals surface area (Å²) in [5, 5.41) is 2.76. The highest BCUT2D eigenvalue weighted by atomic mass is 16.5. The molecule has 1 aromatic heterocycles. The molecular weight excluding hydrogens is 210 g/mol. The van der Waals surface area contributed by atoms with Gasteiger partial charge in [0.1, 0.15) is 11.9 Å². The monoisotopic (exact) mass is 227 g/mol. The lowest BCUT2D eigenvalue weighted by atomic mass is 10.1. The van der Waals surface area contributed by atoms with E-state index in [-0.39, 0.29) is 5.91 Å². The van der Waals surface area contributed by atoms with E-state index in [0.29, 0.717) is 18.7 Å². The van der Waals surface area contributed by atoms with Crippen LogP contribution in [-0.4, -0.2) is 38.9 Å². The second-order valence-corrected chi connectivity index (χ2v) is 3.78. The van der Waals surface area contributed by atoms with Crippen molar-refractivity contribution in [1.29, 1.82) is 0 Å². The van der Waals surface area contributed by atoms with Crippen molar-refractivity contribution >= 4 is 5.91 Å². The van der Waals surface area contributed by atoms with Gasteiger partial charge in [-0.1, -0.05) is 0 Å². The zero-order valence-corrected chi connectivity index (χ0v) is 9.78. The number of rotatable bonds is 6. The van der Waals surface area contributed by atoms with E-state index in [2.05, 4.69) is 5.32 Å². The van der Waals surface area contributed by atoms with Crippen molar-refractivity contribution in [2.75, 3.05) is 27.4 Å². The van der Waals surface area contributed by atoms with Gasteiger partial charge in [0.25, 0.3) is 5.91 Å². The number of carbonyl (C=O) groups excluding carboxylic acids is 1. The van der Waals surface area contributed by atoms with Crippen LogP contribution in [0.5, 0.6) is 0 Å². The zero-order valence-electron chi connectivity index (χ0n) is 9.78. The molecule has 0 aliphatic rings. The summed E-state index contributed by atoms with van der Waals surface area (Å²) >= 11 is 0. The summed E-state index contributed by atoms with van der Waals surface area (Å²) in [4.78, 5) is 11.6. The summed E-state index contributed by atoms with van der Waals surface area (Å²) in [6, 6.07) is 1.61. The lowest BCUT2D eigenvalue weighted by molar-refractivity contribution is -0.0479. The minimum Gasteiger partial charge on any atom is -0.472 e. The minimum absolute atomic E-state index is 0.187. The first kappa shape index (κ1) is 12.7. The Kier molecular flexibility index (Phi) is 4.52. The predicted octanol–water partition coefficient (Wildman–Crippen LogP) is 1.06. The first-order valence-electron chi connectivity index (χ1n) is 4.96. The van der Waals surface area contributed by atoms with E-state index in [1.54, 1.807) is 20.3 Å². The molecule has 0 aliphatic carbocycles. The average molecular weight is 227 g/mol. The molecule has 5 nitrogen and oxygen atoms in total. The van der Waals surface area contributed by atoms with E-state index in [1.807, 2.05) is 6.92 Å². The minimum atomic E-state index is -0.520. The summed E-state index contributed by atoms with van der Waals surface area (Å²) in [6.45, 7) is 2.66. The molecule has 0 spiro atoms. The highest BCUT2D eigenvalue weighted by Gasteiger charge is 2.24. The van der Waals surface area contributed by atoms with E-state index in [1.165, 1.54) is 12.5 Å². The summed E-state index contributed by atoms with van der Waals surface area (Å²) in [5.74, 6) is -0.187. The summed E-state index contributed by atoms with van der Waals surface area (Å²) in [5.41, 5.74) is -0.0235. The van der Waals surface area contributed by atoms with Crippen molar-refractivity contribution in [2.45, 2.75) is 12.5 Å². The van der Waals surface area contributed by atoms with Gasteiger partial charge in [-0.25, -0.2) is 0 Å².